The zero-order valence-electron chi connectivity index (χ0n) is 13.1. The smallest absolute Gasteiger partial charge is 0.256 e. The Bertz CT molecular complexity index is 669. The standard InChI is InChI=1S/C19H19NO2S/c1-2-21-13-14-23-19-20-17(15-9-5-3-6-10-15)18(22-19)16-11-7-4-8-12-16/h3-12H,2,13-14H2,1H3. The van der Waals surface area contributed by atoms with Crippen LogP contribution in [0.5, 0.6) is 0 Å². The summed E-state index contributed by atoms with van der Waals surface area (Å²) in [7, 11) is 0. The first kappa shape index (κ1) is 15.8. The average molecular weight is 325 g/mol. The van der Waals surface area contributed by atoms with Crippen LogP contribution in [0.4, 0.5) is 0 Å². The number of nitrogens with zero attached hydrogens (tertiary/aromatic N) is 1. The van der Waals surface area contributed by atoms with E-state index in [2.05, 4.69) is 12.1 Å². The highest BCUT2D eigenvalue weighted by Crippen LogP contribution is 2.35. The van der Waals surface area contributed by atoms with E-state index in [9.17, 15) is 0 Å². The molecule has 0 fully saturated rings. The summed E-state index contributed by atoms with van der Waals surface area (Å²) in [6.45, 7) is 3.43. The van der Waals surface area contributed by atoms with Gasteiger partial charge in [0, 0.05) is 23.5 Å². The first-order chi connectivity index (χ1) is 11.4. The fourth-order valence-electron chi connectivity index (χ4n) is 2.27. The number of thioether (sulfide) groups is 1. The largest absolute Gasteiger partial charge is 0.431 e. The second-order valence-electron chi connectivity index (χ2n) is 4.93. The van der Waals surface area contributed by atoms with Gasteiger partial charge < -0.3 is 9.15 Å². The van der Waals surface area contributed by atoms with Gasteiger partial charge in [-0.15, -0.1) is 0 Å². The first-order valence-electron chi connectivity index (χ1n) is 7.70. The third-order valence-electron chi connectivity index (χ3n) is 3.35. The molecular weight excluding hydrogens is 306 g/mol. The van der Waals surface area contributed by atoms with E-state index in [1.807, 2.05) is 55.5 Å². The van der Waals surface area contributed by atoms with Gasteiger partial charge in [0.1, 0.15) is 5.69 Å². The second kappa shape index (κ2) is 7.99. The molecule has 23 heavy (non-hydrogen) atoms. The van der Waals surface area contributed by atoms with Gasteiger partial charge in [-0.05, 0) is 6.92 Å². The third kappa shape index (κ3) is 4.03. The zero-order valence-corrected chi connectivity index (χ0v) is 13.9. The molecule has 0 saturated heterocycles. The molecule has 0 atom stereocenters. The fraction of sp³-hybridized carbons (Fsp3) is 0.211. The van der Waals surface area contributed by atoms with E-state index in [1.165, 1.54) is 0 Å². The molecule has 0 radical (unpaired) electrons. The molecule has 0 bridgehead atoms. The summed E-state index contributed by atoms with van der Waals surface area (Å²) in [6, 6.07) is 20.2. The minimum absolute atomic E-state index is 0.683. The Kier molecular flexibility index (Phi) is 5.51. The SMILES string of the molecule is CCOCCSc1nc(-c2ccccc2)c(-c2ccccc2)o1. The van der Waals surface area contributed by atoms with Crippen LogP contribution in [0.3, 0.4) is 0 Å². The van der Waals surface area contributed by atoms with Crippen molar-refractivity contribution in [3.05, 3.63) is 60.7 Å². The second-order valence-corrected chi connectivity index (χ2v) is 5.98. The summed E-state index contributed by atoms with van der Waals surface area (Å²) in [4.78, 5) is 4.70. The minimum atomic E-state index is 0.683. The normalized spacial score (nSPS) is 10.8. The van der Waals surface area contributed by atoms with Crippen molar-refractivity contribution in [2.45, 2.75) is 12.1 Å². The molecule has 118 valence electrons. The molecule has 2 aromatic carbocycles. The van der Waals surface area contributed by atoms with Crippen LogP contribution in [-0.2, 0) is 4.74 Å². The van der Waals surface area contributed by atoms with Crippen molar-refractivity contribution in [2.75, 3.05) is 19.0 Å². The lowest BCUT2D eigenvalue weighted by molar-refractivity contribution is 0.164. The molecule has 0 saturated carbocycles. The Hall–Kier alpha value is -2.04. The number of hydrogen-bond acceptors (Lipinski definition) is 4. The molecule has 0 N–H and O–H groups in total. The van der Waals surface area contributed by atoms with Crippen LogP contribution < -0.4 is 0 Å². The van der Waals surface area contributed by atoms with Crippen LogP contribution in [0.1, 0.15) is 6.92 Å². The number of rotatable bonds is 7. The van der Waals surface area contributed by atoms with Crippen LogP contribution in [0.15, 0.2) is 70.3 Å². The van der Waals surface area contributed by atoms with Crippen molar-refractivity contribution in [3.63, 3.8) is 0 Å². The van der Waals surface area contributed by atoms with Gasteiger partial charge in [0.2, 0.25) is 0 Å². The molecule has 0 spiro atoms. The molecule has 1 aromatic heterocycles. The molecule has 0 aliphatic rings. The number of benzene rings is 2. The van der Waals surface area contributed by atoms with Crippen molar-refractivity contribution in [2.24, 2.45) is 0 Å². The van der Waals surface area contributed by atoms with E-state index >= 15 is 0 Å². The van der Waals surface area contributed by atoms with E-state index in [4.69, 9.17) is 14.1 Å². The summed E-state index contributed by atoms with van der Waals surface area (Å²) < 4.78 is 11.4. The minimum Gasteiger partial charge on any atom is -0.431 e. The van der Waals surface area contributed by atoms with Crippen molar-refractivity contribution in [1.29, 1.82) is 0 Å². The maximum Gasteiger partial charge on any atom is 0.256 e. The average Bonchev–Trinajstić information content (AvgIpc) is 3.05. The highest BCUT2D eigenvalue weighted by atomic mass is 32.2. The van der Waals surface area contributed by atoms with E-state index in [1.54, 1.807) is 11.8 Å². The Morgan fingerprint density at radius 3 is 2.26 bits per heavy atom. The van der Waals surface area contributed by atoms with Crippen molar-refractivity contribution < 1.29 is 9.15 Å². The Morgan fingerprint density at radius 1 is 0.957 bits per heavy atom. The Labute approximate surface area is 140 Å². The molecule has 1 heterocycles. The van der Waals surface area contributed by atoms with Gasteiger partial charge in [-0.2, -0.15) is 0 Å². The number of oxazole rings is 1. The molecule has 0 unspecified atom stereocenters. The van der Waals surface area contributed by atoms with Gasteiger partial charge in [-0.1, -0.05) is 72.4 Å². The van der Waals surface area contributed by atoms with Gasteiger partial charge in [0.05, 0.1) is 6.61 Å². The maximum atomic E-state index is 6.03. The van der Waals surface area contributed by atoms with Crippen molar-refractivity contribution >= 4 is 11.8 Å². The van der Waals surface area contributed by atoms with E-state index in [0.29, 0.717) is 11.8 Å². The van der Waals surface area contributed by atoms with E-state index < -0.39 is 0 Å². The Balaban J connectivity index is 1.91. The summed E-state index contributed by atoms with van der Waals surface area (Å²) >= 11 is 1.58. The summed E-state index contributed by atoms with van der Waals surface area (Å²) in [6.07, 6.45) is 0. The molecule has 4 heteroatoms. The molecule has 3 nitrogen and oxygen atoms in total. The van der Waals surface area contributed by atoms with E-state index in [0.717, 1.165) is 34.9 Å². The van der Waals surface area contributed by atoms with Crippen LogP contribution >= 0.6 is 11.8 Å². The van der Waals surface area contributed by atoms with E-state index in [-0.39, 0.29) is 0 Å². The molecule has 0 aliphatic heterocycles. The molecule has 0 aliphatic carbocycles. The monoisotopic (exact) mass is 325 g/mol. The number of ether oxygens (including phenoxy) is 1. The predicted octanol–water partition coefficient (Wildman–Crippen LogP) is 5.14. The molecule has 0 amide bonds. The highest BCUT2D eigenvalue weighted by molar-refractivity contribution is 7.99. The van der Waals surface area contributed by atoms with Crippen molar-refractivity contribution in [3.8, 4) is 22.6 Å². The van der Waals surface area contributed by atoms with Gasteiger partial charge in [-0.3, -0.25) is 0 Å². The predicted molar refractivity (Wildman–Crippen MR) is 94.6 cm³/mol. The quantitative estimate of drug-likeness (QED) is 0.445. The maximum absolute atomic E-state index is 6.03. The van der Waals surface area contributed by atoms with Gasteiger partial charge in [-0.25, -0.2) is 4.98 Å². The van der Waals surface area contributed by atoms with Gasteiger partial charge in [0.25, 0.3) is 5.22 Å². The summed E-state index contributed by atoms with van der Waals surface area (Å²) in [5, 5.41) is 0.683. The zero-order chi connectivity index (χ0) is 15.9. The lowest BCUT2D eigenvalue weighted by Gasteiger charge is -2.00. The van der Waals surface area contributed by atoms with Gasteiger partial charge >= 0.3 is 0 Å². The molecular formula is C19H19NO2S. The van der Waals surface area contributed by atoms with Crippen LogP contribution in [0, 0.1) is 0 Å². The lowest BCUT2D eigenvalue weighted by Crippen LogP contribution is -1.95. The number of aromatic nitrogens is 1. The highest BCUT2D eigenvalue weighted by Gasteiger charge is 2.16. The third-order valence-corrected chi connectivity index (χ3v) is 4.14. The molecule has 3 aromatic rings. The van der Waals surface area contributed by atoms with Crippen LogP contribution in [0.25, 0.3) is 22.6 Å². The fourth-order valence-corrected chi connectivity index (χ4v) is 2.95. The Morgan fingerprint density at radius 2 is 1.61 bits per heavy atom. The summed E-state index contributed by atoms with van der Waals surface area (Å²) in [5.74, 6) is 1.65. The van der Waals surface area contributed by atoms with Crippen LogP contribution in [-0.4, -0.2) is 24.0 Å². The van der Waals surface area contributed by atoms with Crippen molar-refractivity contribution in [1.82, 2.24) is 4.98 Å². The van der Waals surface area contributed by atoms with Gasteiger partial charge in [0.15, 0.2) is 5.76 Å². The summed E-state index contributed by atoms with van der Waals surface area (Å²) in [5.41, 5.74) is 2.98. The first-order valence-corrected chi connectivity index (χ1v) is 8.69. The topological polar surface area (TPSA) is 35.3 Å². The van der Waals surface area contributed by atoms with Crippen LogP contribution in [0.2, 0.25) is 0 Å². The lowest BCUT2D eigenvalue weighted by atomic mass is 10.1. The molecule has 3 rings (SSSR count). The number of hydrogen-bond donors (Lipinski definition) is 0.